The van der Waals surface area contributed by atoms with Gasteiger partial charge in [0, 0.05) is 32.4 Å². The van der Waals surface area contributed by atoms with Crippen molar-refractivity contribution in [2.45, 2.75) is 52.9 Å². The highest BCUT2D eigenvalue weighted by atomic mass is 16.2. The van der Waals surface area contributed by atoms with Gasteiger partial charge in [-0.1, -0.05) is 20.8 Å². The van der Waals surface area contributed by atoms with Gasteiger partial charge in [-0.2, -0.15) is 5.10 Å². The lowest BCUT2D eigenvalue weighted by molar-refractivity contribution is -0.133. The second-order valence-corrected chi connectivity index (χ2v) is 6.18. The summed E-state index contributed by atoms with van der Waals surface area (Å²) in [7, 11) is 0. The van der Waals surface area contributed by atoms with Gasteiger partial charge in [-0.15, -0.1) is 0 Å². The van der Waals surface area contributed by atoms with Crippen LogP contribution in [0.15, 0.2) is 0 Å². The summed E-state index contributed by atoms with van der Waals surface area (Å²) >= 11 is 0. The minimum Gasteiger partial charge on any atom is -0.343 e. The van der Waals surface area contributed by atoms with E-state index in [1.165, 1.54) is 0 Å². The van der Waals surface area contributed by atoms with Crippen molar-refractivity contribution in [3.05, 3.63) is 11.6 Å². The number of hydrogen-bond donors (Lipinski definition) is 1. The van der Waals surface area contributed by atoms with E-state index >= 15 is 0 Å². The first-order valence-corrected chi connectivity index (χ1v) is 7.76. The number of rotatable bonds is 5. The third-order valence-electron chi connectivity index (χ3n) is 3.93. The molecular weight excluding hydrogens is 252 g/mol. The Bertz CT molecular complexity index is 433. The maximum Gasteiger partial charge on any atom is 0.222 e. The van der Waals surface area contributed by atoms with Crippen LogP contribution in [-0.4, -0.2) is 39.1 Å². The molecule has 1 saturated heterocycles. The zero-order valence-corrected chi connectivity index (χ0v) is 12.9. The van der Waals surface area contributed by atoms with E-state index in [0.717, 1.165) is 50.4 Å². The smallest absolute Gasteiger partial charge is 0.222 e. The average molecular weight is 278 g/mol. The van der Waals surface area contributed by atoms with Crippen molar-refractivity contribution in [2.75, 3.05) is 13.1 Å². The zero-order chi connectivity index (χ0) is 14.5. The van der Waals surface area contributed by atoms with Gasteiger partial charge in [0.15, 0.2) is 0 Å². The summed E-state index contributed by atoms with van der Waals surface area (Å²) in [6.07, 6.45) is 4.66. The van der Waals surface area contributed by atoms with E-state index in [-0.39, 0.29) is 0 Å². The summed E-state index contributed by atoms with van der Waals surface area (Å²) in [6.45, 7) is 8.04. The monoisotopic (exact) mass is 278 g/mol. The molecule has 0 aromatic carbocycles. The molecule has 0 radical (unpaired) electrons. The quantitative estimate of drug-likeness (QED) is 0.898. The molecule has 1 aliphatic heterocycles. The van der Waals surface area contributed by atoms with Crippen LogP contribution in [0.1, 0.15) is 51.7 Å². The number of aromatic nitrogens is 3. The van der Waals surface area contributed by atoms with Gasteiger partial charge in [-0.3, -0.25) is 9.89 Å². The summed E-state index contributed by atoms with van der Waals surface area (Å²) in [5, 5.41) is 7.20. The molecule has 1 aromatic rings. The highest BCUT2D eigenvalue weighted by Crippen LogP contribution is 2.21. The molecular formula is C15H26N4O. The van der Waals surface area contributed by atoms with Crippen LogP contribution in [0.2, 0.25) is 0 Å². The second-order valence-electron chi connectivity index (χ2n) is 6.18. The Labute approximate surface area is 121 Å². The van der Waals surface area contributed by atoms with Gasteiger partial charge in [0.05, 0.1) is 0 Å². The minimum atomic E-state index is 0.311. The van der Waals surface area contributed by atoms with E-state index in [0.29, 0.717) is 24.2 Å². The van der Waals surface area contributed by atoms with E-state index in [9.17, 15) is 4.79 Å². The molecule has 0 saturated carbocycles. The number of H-pyrrole nitrogens is 1. The third-order valence-corrected chi connectivity index (χ3v) is 3.93. The Kier molecular flexibility index (Phi) is 5.15. The molecule has 1 aromatic heterocycles. The minimum absolute atomic E-state index is 0.311. The standard InChI is InChI=1S/C15H26N4O/c1-4-13-16-14(18-17-13)10-12-5-7-19(8-6-12)15(20)9-11(2)3/h11-12H,4-10H2,1-3H3,(H,16,17,18). The lowest BCUT2D eigenvalue weighted by Crippen LogP contribution is -2.39. The number of aryl methyl sites for hydroxylation is 1. The number of hydrogen-bond acceptors (Lipinski definition) is 3. The number of carbonyl (C=O) groups is 1. The Balaban J connectivity index is 1.78. The Morgan fingerprint density at radius 1 is 1.40 bits per heavy atom. The number of nitrogens with one attached hydrogen (secondary N) is 1. The summed E-state index contributed by atoms with van der Waals surface area (Å²) in [5.74, 6) is 3.27. The van der Waals surface area contributed by atoms with Crippen molar-refractivity contribution in [1.29, 1.82) is 0 Å². The number of amides is 1. The summed E-state index contributed by atoms with van der Waals surface area (Å²) in [5.41, 5.74) is 0. The van der Waals surface area contributed by atoms with Crippen molar-refractivity contribution in [1.82, 2.24) is 20.1 Å². The van der Waals surface area contributed by atoms with Gasteiger partial charge >= 0.3 is 0 Å². The lowest BCUT2D eigenvalue weighted by Gasteiger charge is -2.32. The summed E-state index contributed by atoms with van der Waals surface area (Å²) < 4.78 is 0. The molecule has 1 N–H and O–H groups in total. The van der Waals surface area contributed by atoms with Crippen LogP contribution < -0.4 is 0 Å². The number of nitrogens with zero attached hydrogens (tertiary/aromatic N) is 3. The first-order valence-electron chi connectivity index (χ1n) is 7.76. The van der Waals surface area contributed by atoms with Crippen LogP contribution in [0.25, 0.3) is 0 Å². The molecule has 0 atom stereocenters. The van der Waals surface area contributed by atoms with Crippen molar-refractivity contribution >= 4 is 5.91 Å². The molecule has 5 heteroatoms. The van der Waals surface area contributed by atoms with E-state index in [4.69, 9.17) is 0 Å². The molecule has 1 aliphatic rings. The van der Waals surface area contributed by atoms with E-state index in [1.54, 1.807) is 0 Å². The highest BCUT2D eigenvalue weighted by molar-refractivity contribution is 5.76. The Hall–Kier alpha value is -1.39. The average Bonchev–Trinajstić information content (AvgIpc) is 2.86. The predicted molar refractivity (Wildman–Crippen MR) is 78.2 cm³/mol. The normalized spacial score (nSPS) is 16.9. The zero-order valence-electron chi connectivity index (χ0n) is 12.9. The molecule has 20 heavy (non-hydrogen) atoms. The molecule has 1 amide bonds. The van der Waals surface area contributed by atoms with E-state index in [1.807, 2.05) is 4.90 Å². The van der Waals surface area contributed by atoms with Gasteiger partial charge in [-0.25, -0.2) is 4.98 Å². The second kappa shape index (κ2) is 6.86. The Morgan fingerprint density at radius 2 is 2.10 bits per heavy atom. The fourth-order valence-corrected chi connectivity index (χ4v) is 2.72. The van der Waals surface area contributed by atoms with Crippen LogP contribution in [0.5, 0.6) is 0 Å². The van der Waals surface area contributed by atoms with Gasteiger partial charge in [-0.05, 0) is 24.7 Å². The maximum atomic E-state index is 12.0. The third kappa shape index (κ3) is 4.05. The van der Waals surface area contributed by atoms with Gasteiger partial charge in [0.25, 0.3) is 0 Å². The van der Waals surface area contributed by atoms with Crippen molar-refractivity contribution < 1.29 is 4.79 Å². The lowest BCUT2D eigenvalue weighted by atomic mass is 9.93. The predicted octanol–water partition coefficient (Wildman–Crippen LogP) is 2.19. The fourth-order valence-electron chi connectivity index (χ4n) is 2.72. The van der Waals surface area contributed by atoms with Crippen LogP contribution in [0, 0.1) is 11.8 Å². The molecule has 2 rings (SSSR count). The van der Waals surface area contributed by atoms with Crippen LogP contribution in [0.3, 0.4) is 0 Å². The fraction of sp³-hybridized carbons (Fsp3) is 0.800. The number of piperidine rings is 1. The molecule has 5 nitrogen and oxygen atoms in total. The molecule has 0 bridgehead atoms. The first kappa shape index (κ1) is 15.0. The Morgan fingerprint density at radius 3 is 2.65 bits per heavy atom. The van der Waals surface area contributed by atoms with Crippen LogP contribution in [-0.2, 0) is 17.6 Å². The van der Waals surface area contributed by atoms with E-state index in [2.05, 4.69) is 36.0 Å². The number of likely N-dealkylation sites (tertiary alicyclic amines) is 1. The number of aromatic amines is 1. The molecule has 1 fully saturated rings. The van der Waals surface area contributed by atoms with Crippen molar-refractivity contribution in [3.8, 4) is 0 Å². The molecule has 2 heterocycles. The van der Waals surface area contributed by atoms with Crippen LogP contribution in [0.4, 0.5) is 0 Å². The van der Waals surface area contributed by atoms with Gasteiger partial charge in [0.1, 0.15) is 11.6 Å². The topological polar surface area (TPSA) is 61.9 Å². The molecule has 0 unspecified atom stereocenters. The van der Waals surface area contributed by atoms with E-state index < -0.39 is 0 Å². The largest absolute Gasteiger partial charge is 0.343 e. The highest BCUT2D eigenvalue weighted by Gasteiger charge is 2.23. The van der Waals surface area contributed by atoms with Crippen LogP contribution >= 0.6 is 0 Å². The van der Waals surface area contributed by atoms with Gasteiger partial charge < -0.3 is 4.90 Å². The first-order chi connectivity index (χ1) is 9.58. The molecule has 0 aliphatic carbocycles. The number of carbonyl (C=O) groups excluding carboxylic acids is 1. The van der Waals surface area contributed by atoms with Crippen molar-refractivity contribution in [3.63, 3.8) is 0 Å². The molecule has 0 spiro atoms. The summed E-state index contributed by atoms with van der Waals surface area (Å²) in [6, 6.07) is 0. The summed E-state index contributed by atoms with van der Waals surface area (Å²) in [4.78, 5) is 18.5. The van der Waals surface area contributed by atoms with Gasteiger partial charge in [0.2, 0.25) is 5.91 Å². The van der Waals surface area contributed by atoms with Crippen molar-refractivity contribution in [2.24, 2.45) is 11.8 Å². The molecule has 112 valence electrons. The SMILES string of the molecule is CCc1n[nH]c(CC2CCN(C(=O)CC(C)C)CC2)n1. The maximum absolute atomic E-state index is 12.0.